The molecule has 1 saturated carbocycles. The highest BCUT2D eigenvalue weighted by Gasteiger charge is 2.25. The summed E-state index contributed by atoms with van der Waals surface area (Å²) in [6.07, 6.45) is 6.50. The van der Waals surface area contributed by atoms with Gasteiger partial charge in [0.2, 0.25) is 0 Å². The van der Waals surface area contributed by atoms with Crippen LogP contribution in [-0.2, 0) is 11.4 Å². The molecule has 0 saturated heterocycles. The van der Waals surface area contributed by atoms with Crippen LogP contribution in [-0.4, -0.2) is 11.6 Å². The van der Waals surface area contributed by atoms with Crippen molar-refractivity contribution in [3.8, 4) is 5.75 Å². The predicted molar refractivity (Wildman–Crippen MR) is 112 cm³/mol. The maximum Gasteiger partial charge on any atom is 0.130 e. The lowest BCUT2D eigenvalue weighted by Crippen LogP contribution is -2.22. The van der Waals surface area contributed by atoms with E-state index in [9.17, 15) is 0 Å². The van der Waals surface area contributed by atoms with Gasteiger partial charge in [-0.3, -0.25) is 0 Å². The van der Waals surface area contributed by atoms with Crippen LogP contribution in [0.2, 0.25) is 0 Å². The molecule has 4 rings (SSSR count). The molecule has 0 aliphatic heterocycles. The molecule has 1 atom stereocenters. The van der Waals surface area contributed by atoms with Crippen molar-refractivity contribution >= 4 is 10.9 Å². The molecule has 0 amide bonds. The van der Waals surface area contributed by atoms with Crippen LogP contribution < -0.4 is 10.6 Å². The fraction of sp³-hybridized carbons (Fsp3) is 0.375. The number of para-hydroxylation sites is 1. The van der Waals surface area contributed by atoms with Crippen LogP contribution in [0.1, 0.15) is 49.3 Å². The summed E-state index contributed by atoms with van der Waals surface area (Å²) in [5.74, 6) is 7.30. The number of hydrogen-bond donors (Lipinski definition) is 1. The zero-order chi connectivity index (χ0) is 19.2. The average Bonchev–Trinajstić information content (AvgIpc) is 2.77. The number of nitrogens with two attached hydrogens (primary N) is 1. The Labute approximate surface area is 166 Å². The monoisotopic (exact) mass is 376 g/mol. The molecule has 1 aliphatic carbocycles. The van der Waals surface area contributed by atoms with Crippen molar-refractivity contribution in [1.82, 2.24) is 4.98 Å². The summed E-state index contributed by atoms with van der Waals surface area (Å²) in [7, 11) is 0. The van der Waals surface area contributed by atoms with Gasteiger partial charge in [-0.2, -0.15) is 0 Å². The van der Waals surface area contributed by atoms with Gasteiger partial charge in [0, 0.05) is 11.3 Å². The van der Waals surface area contributed by atoms with Crippen molar-refractivity contribution in [2.75, 3.05) is 6.61 Å². The van der Waals surface area contributed by atoms with E-state index in [2.05, 4.69) is 29.2 Å². The molecule has 0 bridgehead atoms. The molecule has 1 heterocycles. The Morgan fingerprint density at radius 1 is 0.929 bits per heavy atom. The third-order valence-electron chi connectivity index (χ3n) is 5.85. The largest absolute Gasteiger partial charge is 0.487 e. The minimum Gasteiger partial charge on any atom is -0.487 e. The van der Waals surface area contributed by atoms with Gasteiger partial charge in [0.15, 0.2) is 0 Å². The molecule has 1 fully saturated rings. The van der Waals surface area contributed by atoms with E-state index < -0.39 is 0 Å². The van der Waals surface area contributed by atoms with E-state index in [0.29, 0.717) is 25.0 Å². The molecule has 3 aromatic rings. The van der Waals surface area contributed by atoms with Gasteiger partial charge in [-0.1, -0.05) is 55.7 Å². The zero-order valence-electron chi connectivity index (χ0n) is 16.2. The van der Waals surface area contributed by atoms with Crippen LogP contribution in [0.15, 0.2) is 60.7 Å². The molecule has 0 radical (unpaired) electrons. The van der Waals surface area contributed by atoms with Gasteiger partial charge in [-0.25, -0.2) is 10.9 Å². The molecule has 1 aliphatic rings. The van der Waals surface area contributed by atoms with E-state index in [4.69, 9.17) is 15.5 Å². The minimum atomic E-state index is 0.363. The van der Waals surface area contributed by atoms with Gasteiger partial charge < -0.3 is 9.57 Å². The van der Waals surface area contributed by atoms with Crippen LogP contribution in [0.25, 0.3) is 10.9 Å². The highest BCUT2D eigenvalue weighted by Crippen LogP contribution is 2.36. The first-order chi connectivity index (χ1) is 13.8. The fourth-order valence-corrected chi connectivity index (χ4v) is 4.30. The first-order valence-corrected chi connectivity index (χ1v) is 10.2. The summed E-state index contributed by atoms with van der Waals surface area (Å²) >= 11 is 0. The number of pyridine rings is 1. The van der Waals surface area contributed by atoms with Crippen LogP contribution in [0, 0.1) is 5.92 Å². The van der Waals surface area contributed by atoms with E-state index in [1.807, 2.05) is 36.4 Å². The van der Waals surface area contributed by atoms with E-state index in [1.165, 1.54) is 37.7 Å². The molecule has 1 unspecified atom stereocenters. The maximum absolute atomic E-state index is 5.96. The number of rotatable bonds is 7. The van der Waals surface area contributed by atoms with Crippen molar-refractivity contribution < 1.29 is 9.57 Å². The van der Waals surface area contributed by atoms with E-state index >= 15 is 0 Å². The van der Waals surface area contributed by atoms with Gasteiger partial charge in [0.25, 0.3) is 0 Å². The minimum absolute atomic E-state index is 0.363. The normalized spacial score (nSPS) is 16.2. The standard InChI is InChI=1S/C24H28N2O2/c25-28-17-23(18-6-2-1-3-7-18)19-11-14-22(15-12-19)27-16-21-13-10-20-8-4-5-9-24(20)26-21/h4-5,8-15,18,23H,1-3,6-7,16-17,25H2. The summed E-state index contributed by atoms with van der Waals surface area (Å²) < 4.78 is 5.96. The number of aromatic nitrogens is 1. The second kappa shape index (κ2) is 9.18. The van der Waals surface area contributed by atoms with Crippen molar-refractivity contribution in [2.24, 2.45) is 11.8 Å². The van der Waals surface area contributed by atoms with E-state index in [-0.39, 0.29) is 0 Å². The smallest absolute Gasteiger partial charge is 0.130 e. The molecule has 0 spiro atoms. The molecular formula is C24H28N2O2. The number of hydrogen-bond acceptors (Lipinski definition) is 4. The van der Waals surface area contributed by atoms with E-state index in [1.54, 1.807) is 0 Å². The molecule has 146 valence electrons. The Bertz CT molecular complexity index is 889. The topological polar surface area (TPSA) is 57.4 Å². The Kier molecular flexibility index (Phi) is 6.20. The molecule has 1 aromatic heterocycles. The third kappa shape index (κ3) is 4.51. The van der Waals surface area contributed by atoms with Crippen molar-refractivity contribution in [2.45, 2.75) is 44.6 Å². The highest BCUT2D eigenvalue weighted by molar-refractivity contribution is 5.78. The number of ether oxygens (including phenoxy) is 1. The maximum atomic E-state index is 5.96. The second-order valence-corrected chi connectivity index (χ2v) is 7.69. The van der Waals surface area contributed by atoms with Gasteiger partial charge in [-0.15, -0.1) is 0 Å². The summed E-state index contributed by atoms with van der Waals surface area (Å²) in [6, 6.07) is 20.6. The van der Waals surface area contributed by atoms with Crippen LogP contribution in [0.5, 0.6) is 5.75 Å². The van der Waals surface area contributed by atoms with Crippen molar-refractivity contribution in [3.05, 3.63) is 71.9 Å². The average molecular weight is 377 g/mol. The Morgan fingerprint density at radius 2 is 1.71 bits per heavy atom. The first kappa shape index (κ1) is 18.9. The van der Waals surface area contributed by atoms with E-state index in [0.717, 1.165) is 22.3 Å². The summed E-state index contributed by atoms with van der Waals surface area (Å²) in [5, 5.41) is 1.14. The third-order valence-corrected chi connectivity index (χ3v) is 5.85. The SMILES string of the molecule is NOCC(c1ccc(OCc2ccc3ccccc3n2)cc1)C1CCCCC1. The molecule has 28 heavy (non-hydrogen) atoms. The first-order valence-electron chi connectivity index (χ1n) is 10.2. The predicted octanol–water partition coefficient (Wildman–Crippen LogP) is 5.37. The van der Waals surface area contributed by atoms with Crippen LogP contribution in [0.3, 0.4) is 0 Å². The molecule has 2 N–H and O–H groups in total. The zero-order valence-corrected chi connectivity index (χ0v) is 16.2. The molecule has 4 heteroatoms. The summed E-state index contributed by atoms with van der Waals surface area (Å²) in [5.41, 5.74) is 3.21. The molecular weight excluding hydrogens is 348 g/mol. The Hall–Kier alpha value is -2.43. The van der Waals surface area contributed by atoms with Crippen molar-refractivity contribution in [3.63, 3.8) is 0 Å². The van der Waals surface area contributed by atoms with Gasteiger partial charge >= 0.3 is 0 Å². The van der Waals surface area contributed by atoms with Gasteiger partial charge in [-0.05, 0) is 48.6 Å². The second-order valence-electron chi connectivity index (χ2n) is 7.69. The van der Waals surface area contributed by atoms with Gasteiger partial charge in [0.05, 0.1) is 17.8 Å². The lowest BCUT2D eigenvalue weighted by Gasteiger charge is -2.30. The fourth-order valence-electron chi connectivity index (χ4n) is 4.30. The van der Waals surface area contributed by atoms with Gasteiger partial charge in [0.1, 0.15) is 12.4 Å². The lowest BCUT2D eigenvalue weighted by atomic mass is 9.77. The summed E-state index contributed by atoms with van der Waals surface area (Å²) in [4.78, 5) is 9.71. The highest BCUT2D eigenvalue weighted by atomic mass is 16.6. The number of fused-ring (bicyclic) bond motifs is 1. The van der Waals surface area contributed by atoms with Crippen molar-refractivity contribution in [1.29, 1.82) is 0 Å². The van der Waals surface area contributed by atoms with Crippen LogP contribution >= 0.6 is 0 Å². The Balaban J connectivity index is 1.41. The molecule has 2 aromatic carbocycles. The van der Waals surface area contributed by atoms with Crippen LogP contribution in [0.4, 0.5) is 0 Å². The molecule has 4 nitrogen and oxygen atoms in total. The number of nitrogens with zero attached hydrogens (tertiary/aromatic N) is 1. The summed E-state index contributed by atoms with van der Waals surface area (Å²) in [6.45, 7) is 1.04. The number of benzene rings is 2. The lowest BCUT2D eigenvalue weighted by molar-refractivity contribution is 0.0973. The Morgan fingerprint density at radius 3 is 2.50 bits per heavy atom. The quantitative estimate of drug-likeness (QED) is 0.563.